The predicted molar refractivity (Wildman–Crippen MR) is 78.3 cm³/mol. The number of nitrogens with zero attached hydrogens (tertiary/aromatic N) is 1. The number of nitrogens with one attached hydrogen (secondary N) is 1. The van der Waals surface area contributed by atoms with Crippen molar-refractivity contribution in [2.24, 2.45) is 0 Å². The van der Waals surface area contributed by atoms with Gasteiger partial charge in [0.05, 0.1) is 6.04 Å². The third kappa shape index (κ3) is 3.31. The molecule has 1 heterocycles. The van der Waals surface area contributed by atoms with Crippen molar-refractivity contribution in [2.45, 2.75) is 33.4 Å². The number of aryl methyl sites for hydroxylation is 2. The van der Waals surface area contributed by atoms with E-state index in [2.05, 4.69) is 36.3 Å². The first kappa shape index (κ1) is 13.5. The van der Waals surface area contributed by atoms with Crippen LogP contribution in [0, 0.1) is 13.8 Å². The monoisotopic (exact) mass is 280 g/mol. The Labute approximate surface area is 117 Å². The standard InChI is InChI=1S/C14H17ClN2S/c1-9-4-5-12(13(15)6-9)8-16-11(3)14-17-7-10(2)18-14/h4-7,11,16H,8H2,1-3H3. The summed E-state index contributed by atoms with van der Waals surface area (Å²) in [7, 11) is 0. The van der Waals surface area contributed by atoms with Gasteiger partial charge in [0.15, 0.2) is 0 Å². The van der Waals surface area contributed by atoms with E-state index in [0.29, 0.717) is 0 Å². The minimum atomic E-state index is 0.251. The van der Waals surface area contributed by atoms with E-state index < -0.39 is 0 Å². The van der Waals surface area contributed by atoms with E-state index >= 15 is 0 Å². The molecule has 1 unspecified atom stereocenters. The highest BCUT2D eigenvalue weighted by atomic mass is 35.5. The molecule has 1 atom stereocenters. The molecule has 0 fully saturated rings. The summed E-state index contributed by atoms with van der Waals surface area (Å²) < 4.78 is 0. The lowest BCUT2D eigenvalue weighted by atomic mass is 10.1. The van der Waals surface area contributed by atoms with Crippen LogP contribution in [0.15, 0.2) is 24.4 Å². The summed E-state index contributed by atoms with van der Waals surface area (Å²) in [6, 6.07) is 6.41. The number of hydrogen-bond acceptors (Lipinski definition) is 3. The highest BCUT2D eigenvalue weighted by Crippen LogP contribution is 2.21. The average molecular weight is 281 g/mol. The van der Waals surface area contributed by atoms with Gasteiger partial charge in [0.2, 0.25) is 0 Å². The summed E-state index contributed by atoms with van der Waals surface area (Å²) in [5, 5.41) is 5.40. The number of aromatic nitrogens is 1. The first-order chi connectivity index (χ1) is 8.56. The van der Waals surface area contributed by atoms with E-state index in [9.17, 15) is 0 Å². The molecule has 1 aromatic carbocycles. The molecule has 0 bridgehead atoms. The summed E-state index contributed by atoms with van der Waals surface area (Å²) in [5.74, 6) is 0. The predicted octanol–water partition coefficient (Wildman–Crippen LogP) is 4.26. The minimum absolute atomic E-state index is 0.251. The summed E-state index contributed by atoms with van der Waals surface area (Å²) >= 11 is 7.94. The van der Waals surface area contributed by atoms with E-state index in [1.54, 1.807) is 11.3 Å². The van der Waals surface area contributed by atoms with Crippen LogP contribution in [-0.2, 0) is 6.54 Å². The van der Waals surface area contributed by atoms with Crippen LogP contribution in [0.25, 0.3) is 0 Å². The van der Waals surface area contributed by atoms with Crippen LogP contribution in [0.3, 0.4) is 0 Å². The van der Waals surface area contributed by atoms with Crippen LogP contribution in [0.1, 0.15) is 34.0 Å². The zero-order valence-corrected chi connectivity index (χ0v) is 12.4. The van der Waals surface area contributed by atoms with E-state index in [-0.39, 0.29) is 6.04 Å². The Kier molecular flexibility index (Phi) is 4.38. The number of benzene rings is 1. The molecule has 2 rings (SSSR count). The fourth-order valence-corrected chi connectivity index (χ4v) is 2.82. The molecule has 2 aromatic rings. The molecule has 0 saturated heterocycles. The maximum absolute atomic E-state index is 6.21. The van der Waals surface area contributed by atoms with Crippen molar-refractivity contribution in [3.8, 4) is 0 Å². The van der Waals surface area contributed by atoms with Crippen molar-refractivity contribution < 1.29 is 0 Å². The molecule has 1 N–H and O–H groups in total. The Hall–Kier alpha value is -0.900. The molecule has 96 valence electrons. The van der Waals surface area contributed by atoms with Crippen LogP contribution < -0.4 is 5.32 Å². The van der Waals surface area contributed by atoms with E-state index in [4.69, 9.17) is 11.6 Å². The van der Waals surface area contributed by atoms with Crippen LogP contribution >= 0.6 is 22.9 Å². The molecule has 0 aliphatic heterocycles. The Morgan fingerprint density at radius 2 is 2.17 bits per heavy atom. The molecule has 0 radical (unpaired) electrons. The van der Waals surface area contributed by atoms with Crippen LogP contribution in [0.5, 0.6) is 0 Å². The molecule has 4 heteroatoms. The van der Waals surface area contributed by atoms with Gasteiger partial charge in [-0.2, -0.15) is 0 Å². The van der Waals surface area contributed by atoms with E-state index in [1.165, 1.54) is 10.4 Å². The normalized spacial score (nSPS) is 12.7. The van der Waals surface area contributed by atoms with Crippen molar-refractivity contribution >= 4 is 22.9 Å². The van der Waals surface area contributed by atoms with E-state index in [0.717, 1.165) is 22.1 Å². The minimum Gasteiger partial charge on any atom is -0.304 e. The molecular formula is C14H17ClN2S. The highest BCUT2D eigenvalue weighted by Gasteiger charge is 2.09. The molecule has 0 saturated carbocycles. The molecule has 1 aromatic heterocycles. The number of halogens is 1. The van der Waals surface area contributed by atoms with Crippen molar-refractivity contribution in [3.05, 3.63) is 50.4 Å². The van der Waals surface area contributed by atoms with Gasteiger partial charge in [0, 0.05) is 22.6 Å². The lowest BCUT2D eigenvalue weighted by molar-refractivity contribution is 0.572. The molecule has 2 nitrogen and oxygen atoms in total. The third-order valence-electron chi connectivity index (χ3n) is 2.82. The first-order valence-electron chi connectivity index (χ1n) is 5.97. The largest absolute Gasteiger partial charge is 0.304 e. The Balaban J connectivity index is 1.99. The Morgan fingerprint density at radius 1 is 1.39 bits per heavy atom. The smallest absolute Gasteiger partial charge is 0.109 e. The van der Waals surface area contributed by atoms with Crippen LogP contribution in [0.4, 0.5) is 0 Å². The van der Waals surface area contributed by atoms with Gasteiger partial charge in [-0.25, -0.2) is 4.98 Å². The summed E-state index contributed by atoms with van der Waals surface area (Å²) in [6.45, 7) is 7.01. The molecular weight excluding hydrogens is 264 g/mol. The molecule has 0 amide bonds. The maximum Gasteiger partial charge on any atom is 0.109 e. The topological polar surface area (TPSA) is 24.9 Å². The molecule has 0 aliphatic rings. The first-order valence-corrected chi connectivity index (χ1v) is 7.16. The summed E-state index contributed by atoms with van der Waals surface area (Å²) in [6.07, 6.45) is 1.91. The lowest BCUT2D eigenvalue weighted by Gasteiger charge is -2.12. The number of rotatable bonds is 4. The highest BCUT2D eigenvalue weighted by molar-refractivity contribution is 7.11. The van der Waals surface area contributed by atoms with Crippen molar-refractivity contribution in [1.29, 1.82) is 0 Å². The fourth-order valence-electron chi connectivity index (χ4n) is 1.72. The van der Waals surface area contributed by atoms with Gasteiger partial charge >= 0.3 is 0 Å². The summed E-state index contributed by atoms with van der Waals surface area (Å²) in [4.78, 5) is 5.63. The third-order valence-corrected chi connectivity index (χ3v) is 4.26. The Morgan fingerprint density at radius 3 is 2.78 bits per heavy atom. The fraction of sp³-hybridized carbons (Fsp3) is 0.357. The second-order valence-electron chi connectivity index (χ2n) is 4.51. The van der Waals surface area contributed by atoms with Crippen molar-refractivity contribution in [1.82, 2.24) is 10.3 Å². The summed E-state index contributed by atoms with van der Waals surface area (Å²) in [5.41, 5.74) is 2.31. The van der Waals surface area contributed by atoms with Crippen LogP contribution in [0.2, 0.25) is 5.02 Å². The van der Waals surface area contributed by atoms with Gasteiger partial charge in [0.25, 0.3) is 0 Å². The zero-order valence-electron chi connectivity index (χ0n) is 10.8. The maximum atomic E-state index is 6.21. The SMILES string of the molecule is Cc1ccc(CNC(C)c2ncc(C)s2)c(Cl)c1. The van der Waals surface area contributed by atoms with Crippen LogP contribution in [-0.4, -0.2) is 4.98 Å². The lowest BCUT2D eigenvalue weighted by Crippen LogP contribution is -2.18. The molecule has 0 aliphatic carbocycles. The van der Waals surface area contributed by atoms with Gasteiger partial charge in [-0.3, -0.25) is 0 Å². The van der Waals surface area contributed by atoms with Gasteiger partial charge in [-0.05, 0) is 38.0 Å². The van der Waals surface area contributed by atoms with Crippen molar-refractivity contribution in [3.63, 3.8) is 0 Å². The van der Waals surface area contributed by atoms with Crippen molar-refractivity contribution in [2.75, 3.05) is 0 Å². The quantitative estimate of drug-likeness (QED) is 0.905. The van der Waals surface area contributed by atoms with E-state index in [1.807, 2.05) is 19.2 Å². The van der Waals surface area contributed by atoms with Gasteiger partial charge in [-0.15, -0.1) is 11.3 Å². The van der Waals surface area contributed by atoms with Gasteiger partial charge in [0.1, 0.15) is 5.01 Å². The average Bonchev–Trinajstić information content (AvgIpc) is 2.74. The molecule has 0 spiro atoms. The zero-order chi connectivity index (χ0) is 13.1. The van der Waals surface area contributed by atoms with Gasteiger partial charge in [-0.1, -0.05) is 23.7 Å². The second kappa shape index (κ2) is 5.83. The van der Waals surface area contributed by atoms with Gasteiger partial charge < -0.3 is 5.32 Å². The molecule has 18 heavy (non-hydrogen) atoms. The second-order valence-corrected chi connectivity index (χ2v) is 6.18. The Bertz CT molecular complexity index is 536. The number of hydrogen-bond donors (Lipinski definition) is 1. The number of thiazole rings is 1.